The lowest BCUT2D eigenvalue weighted by atomic mass is 9.81. The number of hydrogen-bond donors (Lipinski definition) is 6. The van der Waals surface area contributed by atoms with Crippen molar-refractivity contribution in [3.8, 4) is 11.5 Å². The van der Waals surface area contributed by atoms with Crippen LogP contribution < -0.4 is 15.6 Å². The summed E-state index contributed by atoms with van der Waals surface area (Å²) in [5.41, 5.74) is -2.22. The Morgan fingerprint density at radius 2 is 1.70 bits per heavy atom. The smallest absolute Gasteiger partial charge is 0.350 e. The van der Waals surface area contributed by atoms with Crippen molar-refractivity contribution in [1.29, 1.82) is 0 Å². The SMILES string of the molecule is CN(CCCOc1ccc(CNC[C@@H](O)c2ccc(O)c3[nH]c(=O)ccc23)cc1)C1CCC(OC(=O)C(O)(c2cccs2)c2cccs2)(C(=O)O)CC1. The van der Waals surface area contributed by atoms with Crippen molar-refractivity contribution in [2.24, 2.45) is 0 Å². The van der Waals surface area contributed by atoms with Crippen LogP contribution in [0.5, 0.6) is 11.5 Å². The third-order valence-electron chi connectivity index (χ3n) is 9.89. The number of aliphatic hydroxyl groups excluding tert-OH is 1. The number of nitrogens with one attached hydrogen (secondary N) is 2. The van der Waals surface area contributed by atoms with E-state index in [9.17, 15) is 34.8 Å². The summed E-state index contributed by atoms with van der Waals surface area (Å²) in [5.74, 6) is -1.50. The lowest BCUT2D eigenvalue weighted by molar-refractivity contribution is -0.195. The predicted octanol–water partition coefficient (Wildman–Crippen LogP) is 5.13. The van der Waals surface area contributed by atoms with Gasteiger partial charge < -0.3 is 45.1 Å². The van der Waals surface area contributed by atoms with Crippen molar-refractivity contribution >= 4 is 45.5 Å². The zero-order chi connectivity index (χ0) is 37.6. The highest BCUT2D eigenvalue weighted by Crippen LogP contribution is 2.41. The fourth-order valence-corrected chi connectivity index (χ4v) is 8.53. The highest BCUT2D eigenvalue weighted by atomic mass is 32.1. The molecule has 3 aromatic heterocycles. The number of aromatic amines is 1. The molecule has 1 aliphatic carbocycles. The van der Waals surface area contributed by atoms with Gasteiger partial charge in [-0.2, -0.15) is 0 Å². The number of aromatic hydroxyl groups is 1. The third-order valence-corrected chi connectivity index (χ3v) is 11.9. The minimum atomic E-state index is -2.07. The number of hydrogen-bond acceptors (Lipinski definition) is 12. The van der Waals surface area contributed by atoms with Crippen LogP contribution in [-0.2, 0) is 26.5 Å². The number of thiophene rings is 2. The number of esters is 1. The van der Waals surface area contributed by atoms with Gasteiger partial charge in [0.25, 0.3) is 0 Å². The first kappa shape index (κ1) is 38.2. The molecule has 1 atom stereocenters. The van der Waals surface area contributed by atoms with E-state index in [1.807, 2.05) is 31.3 Å². The summed E-state index contributed by atoms with van der Waals surface area (Å²) in [5, 5.41) is 50.1. The van der Waals surface area contributed by atoms with E-state index in [4.69, 9.17) is 9.47 Å². The molecule has 1 saturated carbocycles. The van der Waals surface area contributed by atoms with Gasteiger partial charge in [-0.25, -0.2) is 9.59 Å². The van der Waals surface area contributed by atoms with Gasteiger partial charge in [-0.3, -0.25) is 4.79 Å². The molecular formula is C39H43N3O9S2. The van der Waals surface area contributed by atoms with E-state index >= 15 is 0 Å². The average Bonchev–Trinajstić information content (AvgIpc) is 3.91. The lowest BCUT2D eigenvalue weighted by Gasteiger charge is -2.40. The molecule has 14 heteroatoms. The maximum absolute atomic E-state index is 13.6. The summed E-state index contributed by atoms with van der Waals surface area (Å²) in [6.07, 6.45) is 1.22. The molecule has 3 heterocycles. The van der Waals surface area contributed by atoms with Crippen LogP contribution in [0, 0.1) is 0 Å². The molecule has 53 heavy (non-hydrogen) atoms. The van der Waals surface area contributed by atoms with Gasteiger partial charge in [0, 0.05) is 37.1 Å². The molecule has 5 aromatic rings. The molecule has 6 N–H and O–H groups in total. The summed E-state index contributed by atoms with van der Waals surface area (Å²) in [7, 11) is 2.00. The van der Waals surface area contributed by atoms with Crippen LogP contribution in [0.15, 0.2) is 88.4 Å². The van der Waals surface area contributed by atoms with E-state index in [2.05, 4.69) is 15.2 Å². The fraction of sp³-hybridized carbons (Fsp3) is 0.359. The number of pyridine rings is 1. The number of carbonyl (C=O) groups is 2. The summed E-state index contributed by atoms with van der Waals surface area (Å²) in [6, 6.07) is 20.6. The van der Waals surface area contributed by atoms with E-state index in [1.54, 1.807) is 47.2 Å². The molecule has 0 bridgehead atoms. The number of H-pyrrole nitrogens is 1. The van der Waals surface area contributed by atoms with Crippen LogP contribution in [-0.4, -0.2) is 80.6 Å². The van der Waals surface area contributed by atoms with E-state index in [0.29, 0.717) is 52.2 Å². The highest BCUT2D eigenvalue weighted by Gasteiger charge is 2.52. The van der Waals surface area contributed by atoms with Crippen LogP contribution in [0.3, 0.4) is 0 Å². The second-order valence-electron chi connectivity index (χ2n) is 13.3. The lowest BCUT2D eigenvalue weighted by Crippen LogP contribution is -2.52. The van der Waals surface area contributed by atoms with Gasteiger partial charge in [0.1, 0.15) is 11.5 Å². The molecule has 1 aliphatic rings. The minimum absolute atomic E-state index is 0.0540. The zero-order valence-corrected chi connectivity index (χ0v) is 30.8. The molecule has 0 radical (unpaired) electrons. The van der Waals surface area contributed by atoms with Crippen LogP contribution in [0.25, 0.3) is 10.9 Å². The second-order valence-corrected chi connectivity index (χ2v) is 15.2. The van der Waals surface area contributed by atoms with Gasteiger partial charge >= 0.3 is 11.9 Å². The van der Waals surface area contributed by atoms with Crippen LogP contribution in [0.4, 0.5) is 0 Å². The Morgan fingerprint density at radius 3 is 2.32 bits per heavy atom. The molecule has 280 valence electrons. The Morgan fingerprint density at radius 1 is 1.02 bits per heavy atom. The summed E-state index contributed by atoms with van der Waals surface area (Å²) in [6.45, 7) is 2.01. The number of ether oxygens (including phenoxy) is 2. The number of nitrogens with zero attached hydrogens (tertiary/aromatic N) is 1. The number of aromatic nitrogens is 1. The standard InChI is InChI=1S/C39H43N3O9S2/c1-42(26-15-17-38(18-16-26,36(46)47)51-37(48)39(49,32-5-2-21-52-32)33-6-3-22-53-33)19-4-20-50-27-9-7-25(8-10-27)23-40-24-31(44)28-11-13-30(43)35-29(28)12-14-34(45)41-35/h2-3,5-14,21-22,26,31,40,43-44,49H,4,15-20,23-24H2,1H3,(H,41,45)(H,46,47)/t26?,31-,38?/m1/s1. The average molecular weight is 762 g/mol. The van der Waals surface area contributed by atoms with Crippen molar-refractivity contribution in [3.63, 3.8) is 0 Å². The number of fused-ring (bicyclic) bond motifs is 1. The van der Waals surface area contributed by atoms with Gasteiger partial charge in [-0.15, -0.1) is 22.7 Å². The molecule has 0 saturated heterocycles. The second kappa shape index (κ2) is 16.6. The van der Waals surface area contributed by atoms with Crippen LogP contribution in [0.1, 0.15) is 59.1 Å². The monoisotopic (exact) mass is 761 g/mol. The molecule has 2 aromatic carbocycles. The molecule has 12 nitrogen and oxygen atoms in total. The largest absolute Gasteiger partial charge is 0.506 e. The Bertz CT molecular complexity index is 2010. The number of rotatable bonds is 16. The Labute approximate surface area is 314 Å². The number of phenolic OH excluding ortho intramolecular Hbond substituents is 1. The summed E-state index contributed by atoms with van der Waals surface area (Å²) < 4.78 is 11.7. The maximum Gasteiger partial charge on any atom is 0.350 e. The Hall–Kier alpha value is -4.57. The number of aliphatic hydroxyl groups is 2. The van der Waals surface area contributed by atoms with E-state index in [-0.39, 0.29) is 36.7 Å². The first-order valence-corrected chi connectivity index (χ1v) is 19.2. The van der Waals surface area contributed by atoms with Crippen molar-refractivity contribution < 1.29 is 39.5 Å². The van der Waals surface area contributed by atoms with E-state index in [1.165, 1.54) is 34.8 Å². The van der Waals surface area contributed by atoms with Crippen molar-refractivity contribution in [2.45, 2.75) is 62.0 Å². The molecule has 0 aliphatic heterocycles. The summed E-state index contributed by atoms with van der Waals surface area (Å²) >= 11 is 2.42. The van der Waals surface area contributed by atoms with Gasteiger partial charge in [-0.05, 0) is 97.4 Å². The summed E-state index contributed by atoms with van der Waals surface area (Å²) in [4.78, 5) is 43.3. The number of aliphatic carboxylic acids is 1. The van der Waals surface area contributed by atoms with Crippen molar-refractivity contribution in [2.75, 3.05) is 26.7 Å². The van der Waals surface area contributed by atoms with E-state index in [0.717, 1.165) is 24.3 Å². The quantitative estimate of drug-likeness (QED) is 0.0580. The zero-order valence-electron chi connectivity index (χ0n) is 29.2. The molecular weight excluding hydrogens is 719 g/mol. The Balaban J connectivity index is 0.930. The first-order chi connectivity index (χ1) is 25.5. The van der Waals surface area contributed by atoms with Crippen LogP contribution in [0.2, 0.25) is 0 Å². The Kier molecular flexibility index (Phi) is 12.0. The predicted molar refractivity (Wildman–Crippen MR) is 202 cm³/mol. The van der Waals surface area contributed by atoms with Gasteiger partial charge in [0.2, 0.25) is 16.8 Å². The molecule has 0 unspecified atom stereocenters. The number of carboxylic acid groups (broad SMARTS) is 1. The molecule has 1 fully saturated rings. The number of carboxylic acids is 1. The maximum atomic E-state index is 13.6. The van der Waals surface area contributed by atoms with Crippen molar-refractivity contribution in [3.05, 3.63) is 115 Å². The highest BCUT2D eigenvalue weighted by molar-refractivity contribution is 7.12. The van der Waals surface area contributed by atoms with Crippen molar-refractivity contribution in [1.82, 2.24) is 15.2 Å². The normalized spacial score (nSPS) is 18.2. The molecule has 6 rings (SSSR count). The van der Waals surface area contributed by atoms with Crippen LogP contribution >= 0.6 is 22.7 Å². The topological polar surface area (TPSA) is 182 Å². The third kappa shape index (κ3) is 8.48. The molecule has 0 spiro atoms. The van der Waals surface area contributed by atoms with Gasteiger partial charge in [-0.1, -0.05) is 30.3 Å². The molecule has 0 amide bonds. The number of phenols is 1. The minimum Gasteiger partial charge on any atom is -0.506 e. The number of carbonyl (C=O) groups excluding carboxylic acids is 1. The van der Waals surface area contributed by atoms with E-state index < -0.39 is 29.2 Å². The number of benzene rings is 2. The van der Waals surface area contributed by atoms with Gasteiger partial charge in [0.05, 0.1) is 28.0 Å². The van der Waals surface area contributed by atoms with Gasteiger partial charge in [0.15, 0.2) is 0 Å². The first-order valence-electron chi connectivity index (χ1n) is 17.4. The fourth-order valence-electron chi connectivity index (χ4n) is 6.81.